The molecule has 1 aliphatic rings. The highest BCUT2D eigenvalue weighted by molar-refractivity contribution is 5.98. The van der Waals surface area contributed by atoms with Crippen molar-refractivity contribution in [1.82, 2.24) is 4.90 Å². The molecule has 2 unspecified atom stereocenters. The zero-order chi connectivity index (χ0) is 14.9. The summed E-state index contributed by atoms with van der Waals surface area (Å²) in [6.07, 6.45) is -0.00669. The van der Waals surface area contributed by atoms with E-state index in [4.69, 9.17) is 4.74 Å². The van der Waals surface area contributed by atoms with Crippen LogP contribution in [0.5, 0.6) is 5.75 Å². The number of phenols is 1. The zero-order valence-corrected chi connectivity index (χ0v) is 11.4. The van der Waals surface area contributed by atoms with E-state index in [0.717, 1.165) is 0 Å². The smallest absolute Gasteiger partial charge is 0.326 e. The maximum absolute atomic E-state index is 12.5. The molecular formula is C14H17NO5. The Balaban J connectivity index is 2.31. The van der Waals surface area contributed by atoms with Gasteiger partial charge in [-0.05, 0) is 19.1 Å². The van der Waals surface area contributed by atoms with Crippen molar-refractivity contribution in [2.45, 2.75) is 25.5 Å². The fraction of sp³-hybridized carbons (Fsp3) is 0.429. The minimum Gasteiger partial charge on any atom is -0.508 e. The Hall–Kier alpha value is -2.08. The van der Waals surface area contributed by atoms with E-state index in [0.29, 0.717) is 11.1 Å². The summed E-state index contributed by atoms with van der Waals surface area (Å²) in [6, 6.07) is 3.74. The molecule has 1 aromatic carbocycles. The average Bonchev–Trinajstić information content (AvgIpc) is 2.85. The monoisotopic (exact) mass is 279 g/mol. The van der Waals surface area contributed by atoms with E-state index in [1.54, 1.807) is 19.1 Å². The van der Waals surface area contributed by atoms with Gasteiger partial charge in [0.25, 0.3) is 5.91 Å². The predicted octanol–water partition coefficient (Wildman–Crippen LogP) is 1.01. The second-order valence-electron chi connectivity index (χ2n) is 4.85. The maximum atomic E-state index is 12.5. The number of carboxylic acids is 1. The molecule has 0 radical (unpaired) electrons. The van der Waals surface area contributed by atoms with Gasteiger partial charge in [0.05, 0.1) is 6.10 Å². The van der Waals surface area contributed by atoms with Crippen LogP contribution in [0.25, 0.3) is 0 Å². The summed E-state index contributed by atoms with van der Waals surface area (Å²) < 4.78 is 5.16. The lowest BCUT2D eigenvalue weighted by molar-refractivity contribution is -0.141. The summed E-state index contributed by atoms with van der Waals surface area (Å²) in [4.78, 5) is 25.0. The van der Waals surface area contributed by atoms with Gasteiger partial charge in [-0.1, -0.05) is 6.07 Å². The van der Waals surface area contributed by atoms with Gasteiger partial charge in [-0.2, -0.15) is 0 Å². The first kappa shape index (κ1) is 14.3. The second kappa shape index (κ2) is 5.50. The number of aliphatic carboxylic acids is 1. The predicted molar refractivity (Wildman–Crippen MR) is 70.7 cm³/mol. The summed E-state index contributed by atoms with van der Waals surface area (Å²) in [5, 5.41) is 18.9. The van der Waals surface area contributed by atoms with E-state index in [9.17, 15) is 19.8 Å². The number of phenolic OH excluding ortho intramolecular Hbond substituents is 1. The molecule has 0 aliphatic carbocycles. The summed E-state index contributed by atoms with van der Waals surface area (Å²) in [7, 11) is 1.50. The third-order valence-electron chi connectivity index (χ3n) is 3.68. The van der Waals surface area contributed by atoms with Gasteiger partial charge in [-0.25, -0.2) is 4.79 Å². The number of likely N-dealkylation sites (tertiary alicyclic amines) is 1. The largest absolute Gasteiger partial charge is 0.508 e. The van der Waals surface area contributed by atoms with Crippen LogP contribution in [0.3, 0.4) is 0 Å². The third kappa shape index (κ3) is 2.46. The standard InChI is InChI=1S/C14H17NO5/c1-8-10(4-3-5-12(8)16)13(17)15-7-9(20-2)6-11(15)14(18)19/h3-5,9,11,16H,6-7H2,1-2H3,(H,18,19). The van der Waals surface area contributed by atoms with E-state index in [1.807, 2.05) is 0 Å². The van der Waals surface area contributed by atoms with E-state index >= 15 is 0 Å². The highest BCUT2D eigenvalue weighted by Gasteiger charge is 2.40. The van der Waals surface area contributed by atoms with Crippen LogP contribution in [0.2, 0.25) is 0 Å². The molecule has 0 spiro atoms. The van der Waals surface area contributed by atoms with Crippen molar-refractivity contribution < 1.29 is 24.5 Å². The SMILES string of the molecule is COC1CC(C(=O)O)N(C(=O)c2cccc(O)c2C)C1. The number of rotatable bonds is 3. The highest BCUT2D eigenvalue weighted by atomic mass is 16.5. The van der Waals surface area contributed by atoms with Crippen molar-refractivity contribution in [3.63, 3.8) is 0 Å². The zero-order valence-electron chi connectivity index (χ0n) is 11.4. The van der Waals surface area contributed by atoms with Crippen molar-refractivity contribution in [3.05, 3.63) is 29.3 Å². The molecule has 1 heterocycles. The molecule has 1 fully saturated rings. The Labute approximate surface area is 116 Å². The van der Waals surface area contributed by atoms with Gasteiger partial charge in [-0.15, -0.1) is 0 Å². The number of carbonyl (C=O) groups is 2. The molecular weight excluding hydrogens is 262 g/mol. The molecule has 2 rings (SSSR count). The minimum atomic E-state index is -1.05. The van der Waals surface area contributed by atoms with E-state index in [-0.39, 0.29) is 24.8 Å². The number of carbonyl (C=O) groups excluding carboxylic acids is 1. The molecule has 20 heavy (non-hydrogen) atoms. The van der Waals surface area contributed by atoms with Gasteiger partial charge in [0, 0.05) is 31.2 Å². The molecule has 1 saturated heterocycles. The van der Waals surface area contributed by atoms with Crippen LogP contribution in [-0.2, 0) is 9.53 Å². The number of hydrogen-bond acceptors (Lipinski definition) is 4. The minimum absolute atomic E-state index is 0.0187. The van der Waals surface area contributed by atoms with Crippen molar-refractivity contribution in [3.8, 4) is 5.75 Å². The highest BCUT2D eigenvalue weighted by Crippen LogP contribution is 2.26. The first-order valence-electron chi connectivity index (χ1n) is 6.30. The molecule has 108 valence electrons. The van der Waals surface area contributed by atoms with Crippen LogP contribution in [0.4, 0.5) is 0 Å². The lowest BCUT2D eigenvalue weighted by Crippen LogP contribution is -2.40. The Morgan fingerprint density at radius 2 is 2.10 bits per heavy atom. The fourth-order valence-corrected chi connectivity index (χ4v) is 2.44. The number of amides is 1. The molecule has 6 heteroatoms. The molecule has 1 aliphatic heterocycles. The lowest BCUT2D eigenvalue weighted by atomic mass is 10.1. The molecule has 2 N–H and O–H groups in total. The fourth-order valence-electron chi connectivity index (χ4n) is 2.44. The van der Waals surface area contributed by atoms with Gasteiger partial charge < -0.3 is 19.8 Å². The average molecular weight is 279 g/mol. The van der Waals surface area contributed by atoms with Gasteiger partial charge in [0.2, 0.25) is 0 Å². The van der Waals surface area contributed by atoms with Crippen LogP contribution >= 0.6 is 0 Å². The maximum Gasteiger partial charge on any atom is 0.326 e. The van der Waals surface area contributed by atoms with Crippen LogP contribution < -0.4 is 0 Å². The summed E-state index contributed by atoms with van der Waals surface area (Å²) >= 11 is 0. The molecule has 6 nitrogen and oxygen atoms in total. The molecule has 0 saturated carbocycles. The van der Waals surface area contributed by atoms with Crippen LogP contribution in [0.15, 0.2) is 18.2 Å². The quantitative estimate of drug-likeness (QED) is 0.862. The lowest BCUT2D eigenvalue weighted by Gasteiger charge is -2.22. The topological polar surface area (TPSA) is 87.1 Å². The molecule has 0 aromatic heterocycles. The normalized spacial score (nSPS) is 22.0. The van der Waals surface area contributed by atoms with Crippen molar-refractivity contribution >= 4 is 11.9 Å². The molecule has 1 aromatic rings. The number of benzene rings is 1. The Kier molecular flexibility index (Phi) is 3.94. The Morgan fingerprint density at radius 1 is 1.40 bits per heavy atom. The molecule has 0 bridgehead atoms. The Morgan fingerprint density at radius 3 is 2.70 bits per heavy atom. The van der Waals surface area contributed by atoms with Gasteiger partial charge in [0.15, 0.2) is 0 Å². The molecule has 1 amide bonds. The van der Waals surface area contributed by atoms with Gasteiger partial charge in [0.1, 0.15) is 11.8 Å². The number of nitrogens with zero attached hydrogens (tertiary/aromatic N) is 1. The van der Waals surface area contributed by atoms with Crippen LogP contribution in [0, 0.1) is 6.92 Å². The first-order valence-corrected chi connectivity index (χ1v) is 6.30. The van der Waals surface area contributed by atoms with Crippen LogP contribution in [0.1, 0.15) is 22.3 Å². The van der Waals surface area contributed by atoms with Crippen molar-refractivity contribution in [1.29, 1.82) is 0 Å². The Bertz CT molecular complexity index is 542. The van der Waals surface area contributed by atoms with Gasteiger partial charge >= 0.3 is 5.97 Å². The number of aromatic hydroxyl groups is 1. The second-order valence-corrected chi connectivity index (χ2v) is 4.85. The van der Waals surface area contributed by atoms with E-state index in [2.05, 4.69) is 0 Å². The number of ether oxygens (including phenoxy) is 1. The third-order valence-corrected chi connectivity index (χ3v) is 3.68. The van der Waals surface area contributed by atoms with E-state index in [1.165, 1.54) is 18.1 Å². The number of methoxy groups -OCH3 is 1. The number of hydrogen-bond donors (Lipinski definition) is 2. The summed E-state index contributed by atoms with van der Waals surface area (Å²) in [6.45, 7) is 1.86. The van der Waals surface area contributed by atoms with Crippen LogP contribution in [-0.4, -0.2) is 52.8 Å². The number of carboxylic acid groups (broad SMARTS) is 1. The van der Waals surface area contributed by atoms with Crippen molar-refractivity contribution in [2.75, 3.05) is 13.7 Å². The van der Waals surface area contributed by atoms with E-state index < -0.39 is 17.9 Å². The summed E-state index contributed by atoms with van der Waals surface area (Å²) in [5.41, 5.74) is 0.760. The first-order chi connectivity index (χ1) is 9.45. The van der Waals surface area contributed by atoms with Crippen molar-refractivity contribution in [2.24, 2.45) is 0 Å². The summed E-state index contributed by atoms with van der Waals surface area (Å²) in [5.74, 6) is -1.42. The molecule has 2 atom stereocenters. The van der Waals surface area contributed by atoms with Gasteiger partial charge in [-0.3, -0.25) is 4.79 Å².